The second kappa shape index (κ2) is 4.85. The first-order valence-electron chi connectivity index (χ1n) is 6.10. The van der Waals surface area contributed by atoms with Gasteiger partial charge in [0.1, 0.15) is 0 Å². The van der Waals surface area contributed by atoms with Crippen molar-refractivity contribution in [2.24, 2.45) is 0 Å². The van der Waals surface area contributed by atoms with Crippen LogP contribution < -0.4 is 0 Å². The molecule has 1 N–H and O–H groups in total. The van der Waals surface area contributed by atoms with Gasteiger partial charge in [0.2, 0.25) is 0 Å². The first-order valence-corrected chi connectivity index (χ1v) is 6.10. The Morgan fingerprint density at radius 1 is 1.10 bits per heavy atom. The molecule has 4 nitrogen and oxygen atoms in total. The summed E-state index contributed by atoms with van der Waals surface area (Å²) in [6.07, 6.45) is -0.202. The van der Waals surface area contributed by atoms with Gasteiger partial charge in [-0.15, -0.1) is 0 Å². The standard InChI is InChI=1S/C14H10F3N3O/c15-14(16,17)11-4-2-1-3-10(11)12-5-19-13-6-18-9(8-21)7-20(12)13/h1-7,21H,8H2. The predicted octanol–water partition coefficient (Wildman–Crippen LogP) is 2.91. The molecular formula is C14H10F3N3O. The lowest BCUT2D eigenvalue weighted by Gasteiger charge is -2.12. The SMILES string of the molecule is OCc1cn2c(-c3ccccc3C(F)(F)F)cnc2cn1. The second-order valence-corrected chi connectivity index (χ2v) is 4.45. The number of halogens is 3. The van der Waals surface area contributed by atoms with E-state index in [4.69, 9.17) is 5.11 Å². The highest BCUT2D eigenvalue weighted by atomic mass is 19.4. The Hall–Kier alpha value is -2.41. The monoisotopic (exact) mass is 293 g/mol. The molecule has 0 aliphatic rings. The zero-order chi connectivity index (χ0) is 15.0. The lowest BCUT2D eigenvalue weighted by atomic mass is 10.0. The van der Waals surface area contributed by atoms with Crippen LogP contribution in [-0.2, 0) is 12.8 Å². The van der Waals surface area contributed by atoms with Gasteiger partial charge >= 0.3 is 6.18 Å². The zero-order valence-electron chi connectivity index (χ0n) is 10.7. The van der Waals surface area contributed by atoms with Gasteiger partial charge in [-0.3, -0.25) is 9.38 Å². The molecule has 3 aromatic rings. The summed E-state index contributed by atoms with van der Waals surface area (Å²) in [5, 5.41) is 9.10. The average Bonchev–Trinajstić information content (AvgIpc) is 2.89. The fourth-order valence-electron chi connectivity index (χ4n) is 2.16. The maximum Gasteiger partial charge on any atom is 0.417 e. The van der Waals surface area contributed by atoms with E-state index < -0.39 is 11.7 Å². The number of hydrogen-bond acceptors (Lipinski definition) is 3. The number of rotatable bonds is 2. The molecule has 0 spiro atoms. The summed E-state index contributed by atoms with van der Waals surface area (Å²) in [6.45, 7) is -0.297. The lowest BCUT2D eigenvalue weighted by molar-refractivity contribution is -0.137. The third kappa shape index (κ3) is 2.36. The summed E-state index contributed by atoms with van der Waals surface area (Å²) in [5.74, 6) is 0. The van der Waals surface area contributed by atoms with Crippen molar-refractivity contribution in [3.8, 4) is 11.3 Å². The Balaban J connectivity index is 2.26. The number of hydrogen-bond donors (Lipinski definition) is 1. The summed E-state index contributed by atoms with van der Waals surface area (Å²) in [4.78, 5) is 7.99. The summed E-state index contributed by atoms with van der Waals surface area (Å²) in [6, 6.07) is 5.31. The number of aromatic nitrogens is 3. The average molecular weight is 293 g/mol. The second-order valence-electron chi connectivity index (χ2n) is 4.45. The highest BCUT2D eigenvalue weighted by molar-refractivity contribution is 5.67. The van der Waals surface area contributed by atoms with Crippen LogP contribution in [0.4, 0.5) is 13.2 Å². The Bertz CT molecular complexity index is 796. The van der Waals surface area contributed by atoms with Crippen LogP contribution in [0.3, 0.4) is 0 Å². The molecule has 0 aliphatic heterocycles. The molecule has 0 bridgehead atoms. The highest BCUT2D eigenvalue weighted by Gasteiger charge is 2.33. The number of benzene rings is 1. The minimum atomic E-state index is -4.45. The van der Waals surface area contributed by atoms with Crippen LogP contribution in [0.15, 0.2) is 42.9 Å². The molecule has 7 heteroatoms. The molecule has 2 heterocycles. The van der Waals surface area contributed by atoms with E-state index >= 15 is 0 Å². The quantitative estimate of drug-likeness (QED) is 0.790. The number of imidazole rings is 1. The van der Waals surface area contributed by atoms with Gasteiger partial charge in [-0.2, -0.15) is 13.2 Å². The fraction of sp³-hybridized carbons (Fsp3) is 0.143. The van der Waals surface area contributed by atoms with Gasteiger partial charge in [0, 0.05) is 11.8 Å². The third-order valence-corrected chi connectivity index (χ3v) is 3.12. The van der Waals surface area contributed by atoms with Crippen molar-refractivity contribution in [1.82, 2.24) is 14.4 Å². The van der Waals surface area contributed by atoms with Gasteiger partial charge in [-0.05, 0) is 6.07 Å². The molecule has 0 aliphatic carbocycles. The molecule has 0 saturated carbocycles. The van der Waals surface area contributed by atoms with Crippen LogP contribution in [0.25, 0.3) is 16.9 Å². The van der Waals surface area contributed by atoms with Crippen LogP contribution >= 0.6 is 0 Å². The van der Waals surface area contributed by atoms with Crippen molar-refractivity contribution in [2.75, 3.05) is 0 Å². The normalized spacial score (nSPS) is 12.0. The molecule has 0 atom stereocenters. The minimum absolute atomic E-state index is 0.0348. The molecule has 21 heavy (non-hydrogen) atoms. The van der Waals surface area contributed by atoms with Gasteiger partial charge in [0.05, 0.1) is 36.0 Å². The van der Waals surface area contributed by atoms with Gasteiger partial charge in [-0.25, -0.2) is 4.98 Å². The van der Waals surface area contributed by atoms with Crippen LogP contribution in [0.5, 0.6) is 0 Å². The summed E-state index contributed by atoms with van der Waals surface area (Å²) < 4.78 is 40.8. The lowest BCUT2D eigenvalue weighted by Crippen LogP contribution is -2.07. The maximum absolute atomic E-state index is 13.1. The van der Waals surface area contributed by atoms with Crippen molar-refractivity contribution >= 4 is 5.65 Å². The molecule has 0 unspecified atom stereocenters. The van der Waals surface area contributed by atoms with Crippen molar-refractivity contribution in [1.29, 1.82) is 0 Å². The van der Waals surface area contributed by atoms with E-state index in [0.717, 1.165) is 6.07 Å². The van der Waals surface area contributed by atoms with Crippen molar-refractivity contribution in [2.45, 2.75) is 12.8 Å². The van der Waals surface area contributed by atoms with E-state index in [0.29, 0.717) is 17.0 Å². The van der Waals surface area contributed by atoms with Crippen molar-refractivity contribution in [3.63, 3.8) is 0 Å². The van der Waals surface area contributed by atoms with E-state index in [-0.39, 0.29) is 12.2 Å². The van der Waals surface area contributed by atoms with E-state index in [2.05, 4.69) is 9.97 Å². The summed E-state index contributed by atoms with van der Waals surface area (Å²) in [5.41, 5.74) is 0.377. The predicted molar refractivity (Wildman–Crippen MR) is 69.3 cm³/mol. The third-order valence-electron chi connectivity index (χ3n) is 3.12. The minimum Gasteiger partial charge on any atom is -0.390 e. The maximum atomic E-state index is 13.1. The van der Waals surface area contributed by atoms with Gasteiger partial charge in [0.15, 0.2) is 5.65 Å². The Kier molecular flexibility index (Phi) is 3.13. The van der Waals surface area contributed by atoms with Gasteiger partial charge in [0.25, 0.3) is 0 Å². The zero-order valence-corrected chi connectivity index (χ0v) is 10.7. The molecule has 3 rings (SSSR count). The Labute approximate surface area is 117 Å². The van der Waals surface area contributed by atoms with Crippen molar-refractivity contribution < 1.29 is 18.3 Å². The molecular weight excluding hydrogens is 283 g/mol. The van der Waals surface area contributed by atoms with Gasteiger partial charge < -0.3 is 5.11 Å². The topological polar surface area (TPSA) is 50.4 Å². The molecule has 0 fully saturated rings. The molecule has 108 valence electrons. The Morgan fingerprint density at radius 3 is 2.57 bits per heavy atom. The fourth-order valence-corrected chi connectivity index (χ4v) is 2.16. The smallest absolute Gasteiger partial charge is 0.390 e. The first kappa shape index (κ1) is 13.6. The van der Waals surface area contributed by atoms with Crippen LogP contribution in [0.2, 0.25) is 0 Å². The number of fused-ring (bicyclic) bond motifs is 1. The highest BCUT2D eigenvalue weighted by Crippen LogP contribution is 2.36. The Morgan fingerprint density at radius 2 is 1.86 bits per heavy atom. The van der Waals surface area contributed by atoms with Crippen LogP contribution in [0.1, 0.15) is 11.3 Å². The number of nitrogens with zero attached hydrogens (tertiary/aromatic N) is 3. The van der Waals surface area contributed by atoms with E-state index in [1.807, 2.05) is 0 Å². The van der Waals surface area contributed by atoms with E-state index in [1.54, 1.807) is 0 Å². The summed E-state index contributed by atoms with van der Waals surface area (Å²) in [7, 11) is 0. The molecule has 0 radical (unpaired) electrons. The summed E-state index contributed by atoms with van der Waals surface area (Å²) >= 11 is 0. The van der Waals surface area contributed by atoms with Crippen molar-refractivity contribution in [3.05, 3.63) is 54.1 Å². The van der Waals surface area contributed by atoms with Gasteiger partial charge in [-0.1, -0.05) is 18.2 Å². The number of aliphatic hydroxyl groups is 1. The van der Waals surface area contributed by atoms with Crippen LogP contribution in [0, 0.1) is 0 Å². The number of alkyl halides is 3. The van der Waals surface area contributed by atoms with E-state index in [1.165, 1.54) is 41.2 Å². The van der Waals surface area contributed by atoms with Crippen LogP contribution in [-0.4, -0.2) is 19.5 Å². The molecule has 0 saturated heterocycles. The molecule has 0 amide bonds. The largest absolute Gasteiger partial charge is 0.417 e. The van der Waals surface area contributed by atoms with E-state index in [9.17, 15) is 13.2 Å². The molecule has 1 aromatic carbocycles. The first-order chi connectivity index (χ1) is 10.0. The molecule has 2 aromatic heterocycles. The number of aliphatic hydroxyl groups excluding tert-OH is 1.